The number of carbonyl (C=O) groups excluding carboxylic acids is 3. The van der Waals surface area contributed by atoms with E-state index in [1.54, 1.807) is 24.3 Å². The van der Waals surface area contributed by atoms with Crippen LogP contribution >= 0.6 is 0 Å². The van der Waals surface area contributed by atoms with Gasteiger partial charge in [0, 0.05) is 36.4 Å². The summed E-state index contributed by atoms with van der Waals surface area (Å²) in [6.45, 7) is -1.46. The SMILES string of the molecule is O=C([O-])c1cc(=O)c2c(OCCOCCOc3cccc4oc(C(=O)O)cc(=O)c34)cccc2o1.O=C([O-])c1cc(=O)c2c(OC[C@@H](O)[C@@H](O)COc3cccc4oc(C(=O)O)cc(=O)c34)cccc2o1.O=C([O-])c1cc(=O)c2c(OC[C@H](O)[C@@H](O)COc3cccc4oc(C(=O)O)cc(=O)c34)cccc2o1.[H-].[Na+].[Na+].[Na+].[Na+].[Na+].[Na+]. The number of aromatic carboxylic acids is 6. The van der Waals surface area contributed by atoms with Gasteiger partial charge in [0.1, 0.15) is 182 Å². The first kappa shape index (κ1) is 97.4. The summed E-state index contributed by atoms with van der Waals surface area (Å²) in [6, 6.07) is 30.8. The third kappa shape index (κ3) is 24.5. The normalized spacial score (nSPS) is 11.6. The Kier molecular flexibility index (Phi) is 38.6. The molecule has 12 rings (SSSR count). The van der Waals surface area contributed by atoms with Crippen molar-refractivity contribution in [3.05, 3.63) is 241 Å². The molecule has 0 amide bonds. The fourth-order valence-corrected chi connectivity index (χ4v) is 10.1. The Morgan fingerprint density at radius 3 is 0.655 bits per heavy atom. The van der Waals surface area contributed by atoms with Crippen LogP contribution in [0.2, 0.25) is 0 Å². The first-order valence-electron chi connectivity index (χ1n) is 31.0. The van der Waals surface area contributed by atoms with Crippen molar-refractivity contribution in [3.8, 4) is 34.5 Å². The van der Waals surface area contributed by atoms with Crippen LogP contribution in [0.5, 0.6) is 34.5 Å². The maximum absolute atomic E-state index is 12.4. The van der Waals surface area contributed by atoms with Gasteiger partial charge in [0.25, 0.3) is 0 Å². The van der Waals surface area contributed by atoms with E-state index in [1.807, 2.05) is 0 Å². The molecule has 0 saturated heterocycles. The second-order valence-electron chi connectivity index (χ2n) is 22.2. The summed E-state index contributed by atoms with van der Waals surface area (Å²) in [7, 11) is 0. The van der Waals surface area contributed by atoms with Gasteiger partial charge >= 0.3 is 195 Å². The van der Waals surface area contributed by atoms with E-state index in [-0.39, 0.29) is 306 Å². The molecule has 6 aromatic heterocycles. The Morgan fingerprint density at radius 1 is 0.292 bits per heavy atom. The minimum absolute atomic E-state index is 0. The molecule has 6 aromatic carbocycles. The van der Waals surface area contributed by atoms with Gasteiger partial charge in [-0.15, -0.1) is 0 Å². The van der Waals surface area contributed by atoms with Gasteiger partial charge in [0.2, 0.25) is 17.3 Å². The summed E-state index contributed by atoms with van der Waals surface area (Å²) < 4.78 is 69.4. The monoisotopic (exact) mass is 1610 g/mol. The maximum atomic E-state index is 12.4. The van der Waals surface area contributed by atoms with Crippen molar-refractivity contribution in [1.82, 2.24) is 0 Å². The van der Waals surface area contributed by atoms with Gasteiger partial charge < -0.3 is 127 Å². The summed E-state index contributed by atoms with van der Waals surface area (Å²) in [5, 5.41) is 101. The second kappa shape index (κ2) is 44.8. The van der Waals surface area contributed by atoms with Crippen LogP contribution < -0.4 is 254 Å². The van der Waals surface area contributed by atoms with Crippen LogP contribution in [-0.2, 0) is 4.74 Å². The summed E-state index contributed by atoms with van der Waals surface area (Å²) in [5.74, 6) is -12.1. The van der Waals surface area contributed by atoms with Gasteiger partial charge in [-0.05, 0) is 72.8 Å². The van der Waals surface area contributed by atoms with Crippen molar-refractivity contribution < 1.29 is 318 Å². The minimum atomic E-state index is -1.66. The molecule has 35 nitrogen and oxygen atoms in total. The third-order valence-electron chi connectivity index (χ3n) is 15.0. The van der Waals surface area contributed by atoms with Crippen LogP contribution in [0.15, 0.2) is 201 Å². The van der Waals surface area contributed by atoms with E-state index in [1.165, 1.54) is 84.9 Å². The molecular weight excluding hydrogens is 1560 g/mol. The van der Waals surface area contributed by atoms with E-state index in [9.17, 15) is 93.3 Å². The Morgan fingerprint density at radius 2 is 0.469 bits per heavy atom. The number of benzene rings is 6. The number of carboxylic acid groups (broad SMARTS) is 6. The van der Waals surface area contributed by atoms with Gasteiger partial charge in [-0.2, -0.15) is 0 Å². The van der Waals surface area contributed by atoms with Gasteiger partial charge in [-0.1, -0.05) is 36.4 Å². The summed E-state index contributed by atoms with van der Waals surface area (Å²) in [6.07, 6.45) is -6.00. The molecule has 554 valence electrons. The van der Waals surface area contributed by atoms with Crippen molar-refractivity contribution in [2.45, 2.75) is 24.4 Å². The van der Waals surface area contributed by atoms with Crippen LogP contribution in [0.1, 0.15) is 64.8 Å². The Hall–Kier alpha value is -8.00. The Labute approximate surface area is 764 Å². The van der Waals surface area contributed by atoms with E-state index in [0.29, 0.717) is 0 Å². The predicted octanol–water partition coefficient (Wildman–Crippen LogP) is -16.1. The summed E-state index contributed by atoms with van der Waals surface area (Å²) >= 11 is 0. The van der Waals surface area contributed by atoms with Crippen LogP contribution in [0.3, 0.4) is 0 Å². The van der Waals surface area contributed by atoms with E-state index < -0.39 is 154 Å². The van der Waals surface area contributed by atoms with Crippen molar-refractivity contribution in [2.24, 2.45) is 0 Å². The van der Waals surface area contributed by atoms with Crippen LogP contribution in [0.25, 0.3) is 65.8 Å². The Bertz CT molecular complexity index is 5270. The first-order valence-corrected chi connectivity index (χ1v) is 31.0. The molecular formula is C72H52Na6O35+2. The number of carbonyl (C=O) groups is 6. The second-order valence-corrected chi connectivity index (χ2v) is 22.2. The molecule has 7 N–H and O–H groups in total. The average Bonchev–Trinajstić information content (AvgIpc) is 0.819. The number of aliphatic hydroxyl groups is 4. The first-order chi connectivity index (χ1) is 51.1. The van der Waals surface area contributed by atoms with Gasteiger partial charge in [-0.3, -0.25) is 28.8 Å². The molecule has 0 spiro atoms. The number of fused-ring (bicyclic) bond motifs is 6. The van der Waals surface area contributed by atoms with E-state index in [4.69, 9.17) is 75.0 Å². The van der Waals surface area contributed by atoms with Gasteiger partial charge in [0.05, 0.1) is 13.2 Å². The zero-order valence-corrected chi connectivity index (χ0v) is 72.4. The molecule has 0 saturated carbocycles. The number of hydrogen-bond acceptors (Lipinski definition) is 32. The molecule has 6 heterocycles. The van der Waals surface area contributed by atoms with Crippen molar-refractivity contribution in [2.75, 3.05) is 52.9 Å². The topological polar surface area (TPSA) is 559 Å². The molecule has 0 unspecified atom stereocenters. The zero-order valence-electron chi connectivity index (χ0n) is 61.4. The van der Waals surface area contributed by atoms with Crippen molar-refractivity contribution in [3.63, 3.8) is 0 Å². The molecule has 0 aliphatic rings. The summed E-state index contributed by atoms with van der Waals surface area (Å²) in [5.41, 5.74) is -3.93. The average molecular weight is 1620 g/mol. The fraction of sp³-hybridized carbons (Fsp3) is 0.167. The smallest absolute Gasteiger partial charge is 1.00 e. The molecule has 12 aromatic rings. The molecule has 0 bridgehead atoms. The molecule has 0 aliphatic carbocycles. The molecule has 4 atom stereocenters. The van der Waals surface area contributed by atoms with E-state index in [2.05, 4.69) is 0 Å². The number of aliphatic hydroxyl groups excluding tert-OH is 4. The van der Waals surface area contributed by atoms with Crippen LogP contribution in [0, 0.1) is 0 Å². The largest absolute Gasteiger partial charge is 1.00 e. The predicted molar refractivity (Wildman–Crippen MR) is 358 cm³/mol. The van der Waals surface area contributed by atoms with Gasteiger partial charge in [0.15, 0.2) is 49.9 Å². The maximum Gasteiger partial charge on any atom is 1.00 e. The quantitative estimate of drug-likeness (QED) is 0.0177. The van der Waals surface area contributed by atoms with E-state index in [0.717, 1.165) is 36.4 Å². The molecule has 41 heteroatoms. The number of rotatable bonds is 28. The minimum Gasteiger partial charge on any atom is -1.00 e. The summed E-state index contributed by atoms with van der Waals surface area (Å²) in [4.78, 5) is 140. The third-order valence-corrected chi connectivity index (χ3v) is 15.0. The number of carboxylic acids is 6. The molecule has 0 aliphatic heterocycles. The van der Waals surface area contributed by atoms with Gasteiger partial charge in [-0.25, -0.2) is 14.4 Å². The van der Waals surface area contributed by atoms with Crippen LogP contribution in [0.4, 0.5) is 0 Å². The molecule has 0 radical (unpaired) electrons. The molecule has 0 fully saturated rings. The molecule has 113 heavy (non-hydrogen) atoms. The number of hydrogen-bond donors (Lipinski definition) is 7. The van der Waals surface area contributed by atoms with Crippen LogP contribution in [-0.4, -0.2) is 149 Å². The zero-order chi connectivity index (χ0) is 76.9. The van der Waals surface area contributed by atoms with E-state index >= 15 is 0 Å². The standard InChI is InChI=1S/2C24H18O12.C24H18O11.6Na.H/c2*25-11-7-19(23(29)30)35-17-5-1-3-15(21(11)17)33-9-13(27)14(28)10-34-16-4-2-6-18-22(16)12(26)8-20(36-18)24(31)32;25-13-11-19(23(27)28)34-17-5-1-3-15(21(13)17)32-9-7-31-8-10-33-16-4-2-6-18-22(16)14(26)12-20(35-18)24(29)30;;;;;;;/h2*1-8,13-14,27-28H,9-10H2,(H,29,30)(H,31,32);1-6,11-12H,7-10H2,(H,27,28)(H,29,30);;;;;;;/q;;;6*+1;-1/p-3/t13-,14+;13-,14-;;;;;;;;/m.0......../s1. The van der Waals surface area contributed by atoms with Crippen molar-refractivity contribution >= 4 is 102 Å². The Balaban J connectivity index is 0.000000429. The number of ether oxygens (including phenoxy) is 7. The fourth-order valence-electron chi connectivity index (χ4n) is 10.1. The van der Waals surface area contributed by atoms with Crippen molar-refractivity contribution in [1.29, 1.82) is 0 Å².